The molecule has 0 bridgehead atoms. The van der Waals surface area contributed by atoms with E-state index in [1.165, 1.54) is 0 Å². The van der Waals surface area contributed by atoms with Crippen LogP contribution in [0.4, 0.5) is 0 Å². The van der Waals surface area contributed by atoms with E-state index in [-0.39, 0.29) is 52.4 Å². The predicted octanol–water partition coefficient (Wildman–Crippen LogP) is 3.99. The van der Waals surface area contributed by atoms with Crippen LogP contribution in [0.3, 0.4) is 0 Å². The summed E-state index contributed by atoms with van der Waals surface area (Å²) in [5.74, 6) is -4.23. The van der Waals surface area contributed by atoms with Gasteiger partial charge in [0.25, 0.3) is 0 Å². The van der Waals surface area contributed by atoms with Crippen LogP contribution in [-0.4, -0.2) is 140 Å². The van der Waals surface area contributed by atoms with Crippen LogP contribution in [-0.2, 0) is 44.9 Å². The quantitative estimate of drug-likeness (QED) is 0.130. The van der Waals surface area contributed by atoms with E-state index in [4.69, 9.17) is 0 Å². The van der Waals surface area contributed by atoms with Gasteiger partial charge >= 0.3 is 23.9 Å². The molecule has 56 heavy (non-hydrogen) atoms. The Morgan fingerprint density at radius 2 is 0.536 bits per heavy atom. The fraction of sp³-hybridized carbons (Fsp3) is 0.364. The summed E-state index contributed by atoms with van der Waals surface area (Å²) in [5.41, 5.74) is 3.75. The van der Waals surface area contributed by atoms with Crippen molar-refractivity contribution in [2.24, 2.45) is 0 Å². The molecule has 0 aliphatic carbocycles. The van der Waals surface area contributed by atoms with E-state index in [9.17, 15) is 39.6 Å². The summed E-state index contributed by atoms with van der Waals surface area (Å²) in [6, 6.07) is 36.5. The number of hydrogen-bond donors (Lipinski definition) is 4. The second kappa shape index (κ2) is 21.1. The van der Waals surface area contributed by atoms with E-state index in [2.05, 4.69) is 0 Å². The van der Waals surface area contributed by atoms with Crippen molar-refractivity contribution in [3.05, 3.63) is 144 Å². The van der Waals surface area contributed by atoms with Crippen LogP contribution in [0.25, 0.3) is 0 Å². The molecule has 0 amide bonds. The molecule has 296 valence electrons. The first-order valence-corrected chi connectivity index (χ1v) is 19.0. The van der Waals surface area contributed by atoms with Gasteiger partial charge in [-0.05, 0) is 47.9 Å². The van der Waals surface area contributed by atoms with Gasteiger partial charge in [-0.2, -0.15) is 0 Å². The van der Waals surface area contributed by atoms with Gasteiger partial charge in [0.15, 0.2) is 0 Å². The number of carboxylic acid groups (broad SMARTS) is 4. The van der Waals surface area contributed by atoms with Crippen molar-refractivity contribution in [2.75, 3.05) is 52.4 Å². The second-order valence-corrected chi connectivity index (χ2v) is 14.7. The molecule has 1 aliphatic heterocycles. The molecule has 0 aromatic heterocycles. The molecule has 1 saturated heterocycles. The van der Waals surface area contributed by atoms with E-state index in [1.54, 1.807) is 0 Å². The fourth-order valence-electron chi connectivity index (χ4n) is 7.93. The first-order chi connectivity index (χ1) is 27.0. The summed E-state index contributed by atoms with van der Waals surface area (Å²) in [6.07, 6.45) is 1.59. The van der Waals surface area contributed by atoms with E-state index in [0.717, 1.165) is 22.3 Å². The minimum Gasteiger partial charge on any atom is -0.480 e. The molecule has 0 saturated carbocycles. The third kappa shape index (κ3) is 13.4. The largest absolute Gasteiger partial charge is 0.480 e. The van der Waals surface area contributed by atoms with Crippen molar-refractivity contribution in [3.63, 3.8) is 0 Å². The van der Waals surface area contributed by atoms with Crippen LogP contribution in [0.2, 0.25) is 0 Å². The number of benzene rings is 4. The third-order valence-corrected chi connectivity index (χ3v) is 10.5. The van der Waals surface area contributed by atoms with Gasteiger partial charge < -0.3 is 20.4 Å². The van der Waals surface area contributed by atoms with E-state index < -0.39 is 48.0 Å². The predicted molar refractivity (Wildman–Crippen MR) is 213 cm³/mol. The molecule has 12 heteroatoms. The molecule has 5 rings (SSSR count). The zero-order valence-corrected chi connectivity index (χ0v) is 31.6. The smallest absolute Gasteiger partial charge is 0.317 e. The van der Waals surface area contributed by atoms with Crippen LogP contribution in [0.1, 0.15) is 22.3 Å². The van der Waals surface area contributed by atoms with Gasteiger partial charge in [0, 0.05) is 50.3 Å². The summed E-state index contributed by atoms with van der Waals surface area (Å²) in [4.78, 5) is 58.3. The lowest BCUT2D eigenvalue weighted by Crippen LogP contribution is -2.61. The molecule has 0 unspecified atom stereocenters. The lowest BCUT2D eigenvalue weighted by atomic mass is 9.96. The molecule has 4 aromatic carbocycles. The highest BCUT2D eigenvalue weighted by molar-refractivity contribution is 5.70. The van der Waals surface area contributed by atoms with Crippen molar-refractivity contribution in [1.82, 2.24) is 19.6 Å². The standard InChI is InChI=1S/C44H52N4O8/c49-41(50)29-45-26-38(22-34-15-7-2-8-16-34)47(31-43(53)54)28-40(24-36-19-11-4-12-20-36)48(32-44(55)56)27-39(23-35-17-9-3-10-18-35)46(30-42(51)52)25-37(45)21-33-13-5-1-6-14-33/h1-20,37-40H,21-32H2,(H,49,50)(H,51,52)(H,53,54)(H,55,56)/t37-,38-,39-,40-/m0/s1. The number of hydrogen-bond acceptors (Lipinski definition) is 8. The molecule has 1 fully saturated rings. The zero-order valence-electron chi connectivity index (χ0n) is 31.6. The Hall–Kier alpha value is -5.40. The average molecular weight is 765 g/mol. The van der Waals surface area contributed by atoms with E-state index in [1.807, 2.05) is 141 Å². The minimum absolute atomic E-state index is 0.160. The Labute approximate surface area is 328 Å². The van der Waals surface area contributed by atoms with Crippen LogP contribution in [0.15, 0.2) is 121 Å². The Balaban J connectivity index is 1.72. The Morgan fingerprint density at radius 3 is 0.696 bits per heavy atom. The number of rotatable bonds is 16. The van der Waals surface area contributed by atoms with Gasteiger partial charge in [-0.3, -0.25) is 38.8 Å². The van der Waals surface area contributed by atoms with E-state index in [0.29, 0.717) is 25.7 Å². The SMILES string of the molecule is O=C(O)CN1C[C@H](Cc2ccccc2)N(CC(=O)O)C[C@H](Cc2ccccc2)N(CC(=O)O)C[C@H](Cc2ccccc2)N(CC(=O)O)C[C@@H]1Cc1ccccc1. The van der Waals surface area contributed by atoms with Crippen molar-refractivity contribution >= 4 is 23.9 Å². The summed E-state index contributed by atoms with van der Waals surface area (Å²) in [6.45, 7) is -0.779. The van der Waals surface area contributed by atoms with E-state index >= 15 is 0 Å². The molecule has 1 aliphatic rings. The number of nitrogens with zero attached hydrogens (tertiary/aromatic N) is 4. The topological polar surface area (TPSA) is 162 Å². The van der Waals surface area contributed by atoms with Gasteiger partial charge in [-0.1, -0.05) is 121 Å². The van der Waals surface area contributed by atoms with Crippen LogP contribution >= 0.6 is 0 Å². The summed E-state index contributed by atoms with van der Waals surface area (Å²) in [7, 11) is 0. The highest BCUT2D eigenvalue weighted by atomic mass is 16.4. The molecule has 1 heterocycles. The summed E-state index contributed by atoms with van der Waals surface area (Å²) >= 11 is 0. The third-order valence-electron chi connectivity index (χ3n) is 10.5. The second-order valence-electron chi connectivity index (χ2n) is 14.7. The molecule has 4 atom stereocenters. The normalized spacial score (nSPS) is 20.7. The molecular weight excluding hydrogens is 713 g/mol. The monoisotopic (exact) mass is 764 g/mol. The van der Waals surface area contributed by atoms with Crippen molar-refractivity contribution in [1.29, 1.82) is 0 Å². The van der Waals surface area contributed by atoms with Gasteiger partial charge in [0.05, 0.1) is 26.2 Å². The molecule has 0 radical (unpaired) electrons. The fourth-order valence-corrected chi connectivity index (χ4v) is 7.93. The van der Waals surface area contributed by atoms with Crippen LogP contribution in [0, 0.1) is 0 Å². The molecule has 0 spiro atoms. The Bertz CT molecular complexity index is 1560. The molecule has 4 aromatic rings. The first-order valence-electron chi connectivity index (χ1n) is 19.0. The molecular formula is C44H52N4O8. The van der Waals surface area contributed by atoms with Crippen molar-refractivity contribution < 1.29 is 39.6 Å². The number of carboxylic acids is 4. The molecule has 4 N–H and O–H groups in total. The molecule has 12 nitrogen and oxygen atoms in total. The summed E-state index contributed by atoms with van der Waals surface area (Å²) < 4.78 is 0. The van der Waals surface area contributed by atoms with Gasteiger partial charge in [-0.15, -0.1) is 0 Å². The first kappa shape index (κ1) is 41.8. The average Bonchev–Trinajstić information content (AvgIpc) is 3.16. The van der Waals surface area contributed by atoms with Crippen LogP contribution in [0.5, 0.6) is 0 Å². The maximum atomic E-state index is 12.7. The number of aliphatic carboxylic acids is 4. The van der Waals surface area contributed by atoms with Crippen molar-refractivity contribution in [2.45, 2.75) is 49.9 Å². The minimum atomic E-state index is -1.06. The summed E-state index contributed by atoms with van der Waals surface area (Å²) in [5, 5.41) is 41.6. The lowest BCUT2D eigenvalue weighted by Gasteiger charge is -2.45. The highest BCUT2D eigenvalue weighted by Crippen LogP contribution is 2.23. The Morgan fingerprint density at radius 1 is 0.357 bits per heavy atom. The maximum Gasteiger partial charge on any atom is 0.317 e. The zero-order chi connectivity index (χ0) is 39.9. The van der Waals surface area contributed by atoms with Crippen LogP contribution < -0.4 is 0 Å². The maximum absolute atomic E-state index is 12.7. The van der Waals surface area contributed by atoms with Crippen molar-refractivity contribution in [3.8, 4) is 0 Å². The Kier molecular flexibility index (Phi) is 15.7. The van der Waals surface area contributed by atoms with Gasteiger partial charge in [0.1, 0.15) is 0 Å². The highest BCUT2D eigenvalue weighted by Gasteiger charge is 2.37. The van der Waals surface area contributed by atoms with Gasteiger partial charge in [-0.25, -0.2) is 0 Å². The number of carbonyl (C=O) groups is 4. The van der Waals surface area contributed by atoms with Gasteiger partial charge in [0.2, 0.25) is 0 Å². The lowest BCUT2D eigenvalue weighted by molar-refractivity contribution is -0.144.